The number of hydrogen-bond acceptors (Lipinski definition) is 6. The zero-order valence-corrected chi connectivity index (χ0v) is 17.0. The lowest BCUT2D eigenvalue weighted by molar-refractivity contribution is -0.384. The lowest BCUT2D eigenvalue weighted by Gasteiger charge is -2.25. The van der Waals surface area contributed by atoms with Crippen LogP contribution in [0, 0.1) is 16.0 Å². The van der Waals surface area contributed by atoms with E-state index >= 15 is 0 Å². The van der Waals surface area contributed by atoms with Crippen molar-refractivity contribution in [2.24, 2.45) is 5.92 Å². The van der Waals surface area contributed by atoms with E-state index < -0.39 is 22.9 Å². The number of non-ortho nitro benzene ring substituents is 1. The number of rotatable bonds is 5. The van der Waals surface area contributed by atoms with E-state index in [1.54, 1.807) is 36.4 Å². The van der Waals surface area contributed by atoms with Crippen LogP contribution < -0.4 is 10.3 Å². The van der Waals surface area contributed by atoms with Crippen molar-refractivity contribution < 1.29 is 14.5 Å². The highest BCUT2D eigenvalue weighted by Crippen LogP contribution is 2.42. The van der Waals surface area contributed by atoms with Gasteiger partial charge in [0.2, 0.25) is 5.91 Å². The Morgan fingerprint density at radius 1 is 0.844 bits per heavy atom. The number of hydrazine groups is 1. The SMILES string of the molecule is O=C1[C@@H]2[C@@H](C(=O)N1c1ccccc1)N(Cc1ccccc1)N[C@H]2c1ccc([N+](=O)[O-])cc1. The van der Waals surface area contributed by atoms with E-state index in [4.69, 9.17) is 0 Å². The van der Waals surface area contributed by atoms with Crippen molar-refractivity contribution in [3.8, 4) is 0 Å². The van der Waals surface area contributed by atoms with E-state index in [1.165, 1.54) is 17.0 Å². The second kappa shape index (κ2) is 7.99. The average Bonchev–Trinajstić information content (AvgIpc) is 3.31. The molecule has 2 saturated heterocycles. The second-order valence-electron chi connectivity index (χ2n) is 7.89. The quantitative estimate of drug-likeness (QED) is 0.381. The van der Waals surface area contributed by atoms with Crippen molar-refractivity contribution in [1.29, 1.82) is 0 Å². The van der Waals surface area contributed by atoms with Crippen LogP contribution in [0.2, 0.25) is 0 Å². The summed E-state index contributed by atoms with van der Waals surface area (Å²) >= 11 is 0. The van der Waals surface area contributed by atoms with Crippen molar-refractivity contribution in [3.63, 3.8) is 0 Å². The summed E-state index contributed by atoms with van der Waals surface area (Å²) in [5, 5.41) is 12.9. The molecule has 2 aliphatic heterocycles. The third-order valence-corrected chi connectivity index (χ3v) is 5.99. The van der Waals surface area contributed by atoms with Gasteiger partial charge in [0.05, 0.1) is 22.6 Å². The number of nitro groups is 1. The maximum absolute atomic E-state index is 13.5. The standard InChI is InChI=1S/C24H20N4O4/c29-23-20-21(17-11-13-19(14-12-17)28(31)32)25-26(15-16-7-3-1-4-8-16)22(20)24(30)27(23)18-9-5-2-6-10-18/h1-14,20-22,25H,15H2/t20-,21-,22-/m0/s1. The Kier molecular flexibility index (Phi) is 5.01. The minimum atomic E-state index is -0.678. The first-order chi connectivity index (χ1) is 15.5. The van der Waals surface area contributed by atoms with Crippen molar-refractivity contribution in [3.05, 3.63) is 106 Å². The van der Waals surface area contributed by atoms with Gasteiger partial charge in [-0.15, -0.1) is 0 Å². The normalized spacial score (nSPS) is 22.9. The fourth-order valence-electron chi connectivity index (χ4n) is 4.51. The minimum Gasteiger partial charge on any atom is -0.274 e. The molecular weight excluding hydrogens is 408 g/mol. The predicted molar refractivity (Wildman–Crippen MR) is 117 cm³/mol. The molecule has 2 aliphatic rings. The van der Waals surface area contributed by atoms with Crippen LogP contribution in [0.5, 0.6) is 0 Å². The maximum Gasteiger partial charge on any atom is 0.269 e. The molecule has 0 saturated carbocycles. The van der Waals surface area contributed by atoms with Crippen LogP contribution >= 0.6 is 0 Å². The lowest BCUT2D eigenvalue weighted by atomic mass is 9.91. The number of amides is 2. The highest BCUT2D eigenvalue weighted by atomic mass is 16.6. The molecule has 5 rings (SSSR count). The van der Waals surface area contributed by atoms with E-state index in [1.807, 2.05) is 41.4 Å². The van der Waals surface area contributed by atoms with Crippen molar-refractivity contribution >= 4 is 23.2 Å². The Hall–Kier alpha value is -3.88. The van der Waals surface area contributed by atoms with Gasteiger partial charge in [-0.3, -0.25) is 19.7 Å². The maximum atomic E-state index is 13.5. The number of nitro benzene ring substituents is 1. The molecule has 2 amide bonds. The zero-order valence-electron chi connectivity index (χ0n) is 17.0. The van der Waals surface area contributed by atoms with Crippen LogP contribution in [-0.2, 0) is 16.1 Å². The zero-order chi connectivity index (χ0) is 22.2. The second-order valence-corrected chi connectivity index (χ2v) is 7.89. The number of hydrogen-bond donors (Lipinski definition) is 1. The van der Waals surface area contributed by atoms with Crippen molar-refractivity contribution in [2.45, 2.75) is 18.6 Å². The Morgan fingerprint density at radius 2 is 1.47 bits per heavy atom. The topological polar surface area (TPSA) is 95.8 Å². The molecule has 160 valence electrons. The number of anilines is 1. The number of nitrogens with zero attached hydrogens (tertiary/aromatic N) is 3. The molecule has 2 fully saturated rings. The smallest absolute Gasteiger partial charge is 0.269 e. The van der Waals surface area contributed by atoms with Crippen LogP contribution in [0.4, 0.5) is 11.4 Å². The summed E-state index contributed by atoms with van der Waals surface area (Å²) < 4.78 is 0. The molecule has 0 aliphatic carbocycles. The highest BCUT2D eigenvalue weighted by molar-refractivity contribution is 6.24. The van der Waals surface area contributed by atoms with Gasteiger partial charge in [0, 0.05) is 18.7 Å². The monoisotopic (exact) mass is 428 g/mol. The van der Waals surface area contributed by atoms with Crippen LogP contribution in [-0.4, -0.2) is 27.8 Å². The molecule has 8 nitrogen and oxygen atoms in total. The van der Waals surface area contributed by atoms with Crippen LogP contribution in [0.3, 0.4) is 0 Å². The van der Waals surface area contributed by atoms with E-state index in [-0.39, 0.29) is 17.5 Å². The number of para-hydroxylation sites is 1. The summed E-state index contributed by atoms with van der Waals surface area (Å²) in [4.78, 5) is 38.8. The molecule has 3 aromatic rings. The summed E-state index contributed by atoms with van der Waals surface area (Å²) in [5.41, 5.74) is 5.57. The molecule has 8 heteroatoms. The van der Waals surface area contributed by atoms with Gasteiger partial charge in [-0.2, -0.15) is 0 Å². The first-order valence-corrected chi connectivity index (χ1v) is 10.3. The largest absolute Gasteiger partial charge is 0.274 e. The Morgan fingerprint density at radius 3 is 2.09 bits per heavy atom. The van der Waals surface area contributed by atoms with Gasteiger partial charge in [-0.1, -0.05) is 60.7 Å². The van der Waals surface area contributed by atoms with Crippen LogP contribution in [0.15, 0.2) is 84.9 Å². The Labute approximate surface area is 184 Å². The number of carbonyl (C=O) groups is 2. The molecule has 1 N–H and O–H groups in total. The molecular formula is C24H20N4O4. The molecule has 0 spiro atoms. The molecule has 32 heavy (non-hydrogen) atoms. The summed E-state index contributed by atoms with van der Waals surface area (Å²) in [6.45, 7) is 0.438. The third-order valence-electron chi connectivity index (χ3n) is 5.99. The molecule has 3 aromatic carbocycles. The number of benzene rings is 3. The summed E-state index contributed by atoms with van der Waals surface area (Å²) in [6, 6.07) is 23.6. The number of fused-ring (bicyclic) bond motifs is 1. The molecule has 0 bridgehead atoms. The number of carbonyl (C=O) groups excluding carboxylic acids is 2. The molecule has 0 radical (unpaired) electrons. The molecule has 3 atom stereocenters. The molecule has 0 aromatic heterocycles. The van der Waals surface area contributed by atoms with Crippen molar-refractivity contribution in [2.75, 3.05) is 4.90 Å². The lowest BCUT2D eigenvalue weighted by Crippen LogP contribution is -2.45. The van der Waals surface area contributed by atoms with Gasteiger partial charge in [0.25, 0.3) is 11.6 Å². The van der Waals surface area contributed by atoms with Gasteiger partial charge in [0.1, 0.15) is 6.04 Å². The summed E-state index contributed by atoms with van der Waals surface area (Å²) in [7, 11) is 0. The number of imide groups is 1. The van der Waals surface area contributed by atoms with E-state index in [9.17, 15) is 19.7 Å². The van der Waals surface area contributed by atoms with Crippen molar-refractivity contribution in [1.82, 2.24) is 10.4 Å². The Balaban J connectivity index is 1.53. The van der Waals surface area contributed by atoms with Crippen LogP contribution in [0.25, 0.3) is 0 Å². The summed E-state index contributed by atoms with van der Waals surface area (Å²) in [5.74, 6) is -1.20. The summed E-state index contributed by atoms with van der Waals surface area (Å²) in [6.07, 6.45) is 0. The first kappa shape index (κ1) is 20.0. The van der Waals surface area contributed by atoms with E-state index in [2.05, 4.69) is 5.43 Å². The highest BCUT2D eigenvalue weighted by Gasteiger charge is 2.58. The molecule has 0 unspecified atom stereocenters. The van der Waals surface area contributed by atoms with E-state index in [0.717, 1.165) is 11.1 Å². The predicted octanol–water partition coefficient (Wildman–Crippen LogP) is 3.21. The van der Waals surface area contributed by atoms with E-state index in [0.29, 0.717) is 12.2 Å². The average molecular weight is 428 g/mol. The van der Waals surface area contributed by atoms with Gasteiger partial charge in [-0.05, 0) is 23.3 Å². The van der Waals surface area contributed by atoms with Gasteiger partial charge < -0.3 is 0 Å². The molecule has 2 heterocycles. The first-order valence-electron chi connectivity index (χ1n) is 10.3. The van der Waals surface area contributed by atoms with Gasteiger partial charge in [-0.25, -0.2) is 15.3 Å². The fraction of sp³-hybridized carbons (Fsp3) is 0.167. The minimum absolute atomic E-state index is 0.0239. The fourth-order valence-corrected chi connectivity index (χ4v) is 4.51. The Bertz CT molecular complexity index is 1170. The third kappa shape index (κ3) is 3.35. The van der Waals surface area contributed by atoms with Crippen LogP contribution in [0.1, 0.15) is 17.2 Å². The van der Waals surface area contributed by atoms with Gasteiger partial charge >= 0.3 is 0 Å². The number of nitrogens with one attached hydrogen (secondary N) is 1. The van der Waals surface area contributed by atoms with Gasteiger partial charge in [0.15, 0.2) is 0 Å².